The van der Waals surface area contributed by atoms with Crippen LogP contribution in [-0.2, 0) is 16.1 Å². The molecule has 86 valence electrons. The van der Waals surface area contributed by atoms with Crippen LogP contribution in [0.1, 0.15) is 30.6 Å². The fourth-order valence-corrected chi connectivity index (χ4v) is 1.85. The van der Waals surface area contributed by atoms with Crippen LogP contribution in [-0.4, -0.2) is 22.1 Å². The molecular weight excluding hydrogens is 208 g/mol. The molecule has 1 heterocycles. The van der Waals surface area contributed by atoms with Crippen LogP contribution < -0.4 is 0 Å². The fraction of sp³-hybridized carbons (Fsp3) is 0.417. The van der Waals surface area contributed by atoms with Gasteiger partial charge >= 0.3 is 0 Å². The van der Waals surface area contributed by atoms with Crippen LogP contribution >= 0.6 is 0 Å². The summed E-state index contributed by atoms with van der Waals surface area (Å²) >= 11 is 0. The lowest BCUT2D eigenvalue weighted by Gasteiger charge is -2.11. The summed E-state index contributed by atoms with van der Waals surface area (Å²) in [6.45, 7) is 1.76. The van der Waals surface area contributed by atoms with E-state index in [0.29, 0.717) is 6.61 Å². The quantitative estimate of drug-likeness (QED) is 0.809. The van der Waals surface area contributed by atoms with Gasteiger partial charge in [-0.25, -0.2) is 0 Å². The largest absolute Gasteiger partial charge is 0.508 e. The average Bonchev–Trinajstić information content (AvgIpc) is 2.63. The Hall–Kier alpha value is -1.39. The number of rotatable bonds is 3. The number of benzene rings is 1. The number of aliphatic hydroxyl groups excluding tert-OH is 1. The summed E-state index contributed by atoms with van der Waals surface area (Å²) in [5, 5.41) is 18.7. The minimum absolute atomic E-state index is 0.147. The van der Waals surface area contributed by atoms with Crippen molar-refractivity contribution >= 4 is 5.78 Å². The Morgan fingerprint density at radius 3 is 3.06 bits per heavy atom. The van der Waals surface area contributed by atoms with Crippen molar-refractivity contribution in [1.29, 1.82) is 0 Å². The molecule has 16 heavy (non-hydrogen) atoms. The Labute approximate surface area is 93.5 Å². The number of Topliss-reactive ketones (excluding diaryl/α,β-unsaturated/α-hetero) is 1. The van der Waals surface area contributed by atoms with Crippen molar-refractivity contribution in [2.45, 2.75) is 32.2 Å². The summed E-state index contributed by atoms with van der Waals surface area (Å²) in [4.78, 5) is 11.4. The maximum Gasteiger partial charge on any atom is 0.163 e. The monoisotopic (exact) mass is 222 g/mol. The summed E-state index contributed by atoms with van der Waals surface area (Å²) in [7, 11) is 0. The van der Waals surface area contributed by atoms with Gasteiger partial charge in [-0.3, -0.25) is 4.79 Å². The first-order valence-electron chi connectivity index (χ1n) is 5.22. The van der Waals surface area contributed by atoms with Crippen molar-refractivity contribution in [1.82, 2.24) is 0 Å². The Balaban J connectivity index is 2.18. The van der Waals surface area contributed by atoms with Gasteiger partial charge in [-0.1, -0.05) is 12.1 Å². The third-order valence-electron chi connectivity index (χ3n) is 2.82. The zero-order valence-electron chi connectivity index (χ0n) is 9.01. The van der Waals surface area contributed by atoms with E-state index in [1.807, 2.05) is 6.07 Å². The summed E-state index contributed by atoms with van der Waals surface area (Å²) in [5.41, 5.74) is 1.58. The second-order valence-electron chi connectivity index (χ2n) is 3.99. The number of fused-ring (bicyclic) bond motifs is 1. The summed E-state index contributed by atoms with van der Waals surface area (Å²) in [5.74, 6) is -0.0503. The third-order valence-corrected chi connectivity index (χ3v) is 2.82. The molecule has 2 atom stereocenters. The van der Waals surface area contributed by atoms with Crippen molar-refractivity contribution in [3.8, 4) is 5.75 Å². The topological polar surface area (TPSA) is 66.8 Å². The molecule has 0 saturated heterocycles. The van der Waals surface area contributed by atoms with Crippen molar-refractivity contribution < 1.29 is 19.7 Å². The molecule has 1 aromatic rings. The van der Waals surface area contributed by atoms with Crippen molar-refractivity contribution in [2.75, 3.05) is 0 Å². The van der Waals surface area contributed by atoms with Crippen molar-refractivity contribution in [2.24, 2.45) is 0 Å². The number of phenols is 1. The third kappa shape index (κ3) is 1.94. The molecule has 4 heteroatoms. The van der Waals surface area contributed by atoms with Gasteiger partial charge in [0.25, 0.3) is 0 Å². The van der Waals surface area contributed by atoms with E-state index in [0.717, 1.165) is 11.1 Å². The highest BCUT2D eigenvalue weighted by Crippen LogP contribution is 2.37. The predicted octanol–water partition coefficient (Wildman–Crippen LogP) is 1.30. The van der Waals surface area contributed by atoms with Gasteiger partial charge < -0.3 is 14.9 Å². The predicted molar refractivity (Wildman–Crippen MR) is 56.9 cm³/mol. The number of carbonyl (C=O) groups excluding carboxylic acids is 1. The molecule has 0 spiro atoms. The van der Waals surface area contributed by atoms with Gasteiger partial charge in [0.15, 0.2) is 5.78 Å². The van der Waals surface area contributed by atoms with Crippen LogP contribution in [0.4, 0.5) is 0 Å². The normalized spacial score (nSPS) is 20.5. The summed E-state index contributed by atoms with van der Waals surface area (Å²) < 4.78 is 5.43. The Morgan fingerprint density at radius 2 is 2.38 bits per heavy atom. The van der Waals surface area contributed by atoms with Gasteiger partial charge in [0.05, 0.1) is 12.7 Å². The molecule has 2 rings (SSSR count). The molecule has 0 radical (unpaired) electrons. The van der Waals surface area contributed by atoms with Gasteiger partial charge in [-0.2, -0.15) is 0 Å². The summed E-state index contributed by atoms with van der Waals surface area (Å²) in [6.07, 6.45) is -1.16. The van der Waals surface area contributed by atoms with Crippen LogP contribution in [0.5, 0.6) is 5.75 Å². The van der Waals surface area contributed by atoms with Crippen LogP contribution in [0.15, 0.2) is 18.2 Å². The van der Waals surface area contributed by atoms with Crippen LogP contribution in [0, 0.1) is 0 Å². The zero-order valence-corrected chi connectivity index (χ0v) is 9.01. The highest BCUT2D eigenvalue weighted by molar-refractivity contribution is 5.83. The van der Waals surface area contributed by atoms with E-state index >= 15 is 0 Å². The number of carbonyl (C=O) groups is 1. The number of hydrogen-bond donors (Lipinski definition) is 2. The first kappa shape index (κ1) is 11.1. The molecule has 0 aromatic heterocycles. The Kier molecular flexibility index (Phi) is 2.94. The highest BCUT2D eigenvalue weighted by Gasteiger charge is 2.28. The smallest absolute Gasteiger partial charge is 0.163 e. The molecule has 0 amide bonds. The molecule has 4 nitrogen and oxygen atoms in total. The minimum Gasteiger partial charge on any atom is -0.508 e. The van der Waals surface area contributed by atoms with E-state index in [1.165, 1.54) is 6.92 Å². The minimum atomic E-state index is -0.968. The molecule has 0 saturated carbocycles. The van der Waals surface area contributed by atoms with Crippen molar-refractivity contribution in [3.05, 3.63) is 29.3 Å². The van der Waals surface area contributed by atoms with Crippen molar-refractivity contribution in [3.63, 3.8) is 0 Å². The van der Waals surface area contributed by atoms with Gasteiger partial charge in [0.1, 0.15) is 11.9 Å². The number of ketones is 1. The molecule has 0 aliphatic carbocycles. The highest BCUT2D eigenvalue weighted by atomic mass is 16.5. The van der Waals surface area contributed by atoms with Gasteiger partial charge in [0, 0.05) is 12.0 Å². The lowest BCUT2D eigenvalue weighted by Crippen LogP contribution is -2.18. The first-order valence-corrected chi connectivity index (χ1v) is 5.22. The summed E-state index contributed by atoms with van der Waals surface area (Å²) in [6, 6.07) is 5.16. The number of aliphatic hydroxyl groups is 1. The van der Waals surface area contributed by atoms with E-state index in [-0.39, 0.29) is 24.1 Å². The molecule has 0 bridgehead atoms. The first-order chi connectivity index (χ1) is 7.59. The van der Waals surface area contributed by atoms with E-state index in [1.54, 1.807) is 12.1 Å². The Bertz CT molecular complexity index is 411. The second-order valence-corrected chi connectivity index (χ2v) is 3.99. The van der Waals surface area contributed by atoms with Crippen LogP contribution in [0.25, 0.3) is 0 Å². The average molecular weight is 222 g/mol. The molecule has 1 aromatic carbocycles. The molecule has 1 aliphatic heterocycles. The van der Waals surface area contributed by atoms with Gasteiger partial charge in [-0.05, 0) is 18.6 Å². The second kappa shape index (κ2) is 4.23. The number of hydrogen-bond acceptors (Lipinski definition) is 4. The molecular formula is C12H14O4. The number of aromatic hydroxyl groups is 1. The lowest BCUT2D eigenvalue weighted by molar-refractivity contribution is -0.129. The standard InChI is InChI=1S/C12H14O4/c1-7(13)11(15)5-12-8-3-2-4-10(14)9(8)6-16-12/h2-4,7,12-14H,5-6H2,1H3/t7-,12-/m1/s1. The van der Waals surface area contributed by atoms with Gasteiger partial charge in [-0.15, -0.1) is 0 Å². The molecule has 0 fully saturated rings. The fourth-order valence-electron chi connectivity index (χ4n) is 1.85. The molecule has 2 N–H and O–H groups in total. The molecule has 0 unspecified atom stereocenters. The zero-order chi connectivity index (χ0) is 11.7. The van der Waals surface area contributed by atoms with Crippen LogP contribution in [0.2, 0.25) is 0 Å². The Morgan fingerprint density at radius 1 is 1.62 bits per heavy atom. The van der Waals surface area contributed by atoms with E-state index < -0.39 is 6.10 Å². The van der Waals surface area contributed by atoms with E-state index in [2.05, 4.69) is 0 Å². The molecule has 1 aliphatic rings. The van der Waals surface area contributed by atoms with E-state index in [4.69, 9.17) is 9.84 Å². The maximum absolute atomic E-state index is 11.4. The van der Waals surface area contributed by atoms with Crippen LogP contribution in [0.3, 0.4) is 0 Å². The maximum atomic E-state index is 11.4. The SMILES string of the molecule is C[C@@H](O)C(=O)C[C@H]1OCc2c(O)cccc21. The van der Waals surface area contributed by atoms with Gasteiger partial charge in [0.2, 0.25) is 0 Å². The number of phenolic OH excluding ortho intramolecular Hbond substituents is 1. The number of ether oxygens (including phenoxy) is 1. The lowest BCUT2D eigenvalue weighted by atomic mass is 9.99. The van der Waals surface area contributed by atoms with E-state index in [9.17, 15) is 9.90 Å².